The van der Waals surface area contributed by atoms with Gasteiger partial charge in [-0.15, -0.1) is 0 Å². The highest BCUT2D eigenvalue weighted by Gasteiger charge is 2.23. The molecule has 0 N–H and O–H groups in total. The van der Waals surface area contributed by atoms with E-state index in [-0.39, 0.29) is 0 Å². The minimum atomic E-state index is 0.496. The van der Waals surface area contributed by atoms with Crippen molar-refractivity contribution in [3.8, 4) is 6.07 Å². The fraction of sp³-hybridized carbons (Fsp3) is 0.533. The van der Waals surface area contributed by atoms with Crippen molar-refractivity contribution in [1.82, 2.24) is 4.90 Å². The molecule has 0 radical (unpaired) electrons. The van der Waals surface area contributed by atoms with E-state index in [0.717, 1.165) is 25.3 Å². The summed E-state index contributed by atoms with van der Waals surface area (Å²) in [6, 6.07) is 11.1. The summed E-state index contributed by atoms with van der Waals surface area (Å²) < 4.78 is 5.27. The van der Waals surface area contributed by atoms with Gasteiger partial charge in [0.1, 0.15) is 0 Å². The van der Waals surface area contributed by atoms with Gasteiger partial charge in [0.15, 0.2) is 0 Å². The van der Waals surface area contributed by atoms with E-state index in [1.54, 1.807) is 7.11 Å². The molecule has 96 valence electrons. The third-order valence-electron chi connectivity index (χ3n) is 3.55. The fourth-order valence-corrected chi connectivity index (χ4v) is 2.57. The summed E-state index contributed by atoms with van der Waals surface area (Å²) in [4.78, 5) is 2.49. The Hall–Kier alpha value is -1.37. The van der Waals surface area contributed by atoms with Crippen LogP contribution in [-0.2, 0) is 17.7 Å². The number of nitriles is 1. The van der Waals surface area contributed by atoms with Crippen LogP contribution in [0, 0.1) is 11.3 Å². The Morgan fingerprint density at radius 2 is 2.06 bits per heavy atom. The smallest absolute Gasteiger partial charge is 0.0669 e. The lowest BCUT2D eigenvalue weighted by molar-refractivity contribution is 0.112. The van der Waals surface area contributed by atoms with Crippen molar-refractivity contribution in [1.29, 1.82) is 5.26 Å². The molecule has 0 amide bonds. The SMILES string of the molecule is COCC1CCCN1Cc1ccc(CC#N)cc1. The lowest BCUT2D eigenvalue weighted by atomic mass is 10.1. The van der Waals surface area contributed by atoms with Crippen molar-refractivity contribution < 1.29 is 4.74 Å². The quantitative estimate of drug-likeness (QED) is 0.797. The number of likely N-dealkylation sites (tertiary alicyclic amines) is 1. The predicted molar refractivity (Wildman–Crippen MR) is 71.1 cm³/mol. The zero-order chi connectivity index (χ0) is 12.8. The highest BCUT2D eigenvalue weighted by Crippen LogP contribution is 2.20. The van der Waals surface area contributed by atoms with Crippen LogP contribution in [0.25, 0.3) is 0 Å². The first-order valence-corrected chi connectivity index (χ1v) is 6.51. The van der Waals surface area contributed by atoms with Crippen molar-refractivity contribution in [3.05, 3.63) is 35.4 Å². The largest absolute Gasteiger partial charge is 0.383 e. The average molecular weight is 244 g/mol. The van der Waals surface area contributed by atoms with Crippen LogP contribution >= 0.6 is 0 Å². The number of hydrogen-bond donors (Lipinski definition) is 0. The number of methoxy groups -OCH3 is 1. The molecule has 0 spiro atoms. The lowest BCUT2D eigenvalue weighted by Gasteiger charge is -2.23. The number of ether oxygens (including phenoxy) is 1. The van der Waals surface area contributed by atoms with E-state index in [1.807, 2.05) is 0 Å². The molecule has 18 heavy (non-hydrogen) atoms. The van der Waals surface area contributed by atoms with Gasteiger partial charge in [0.25, 0.3) is 0 Å². The number of hydrogen-bond acceptors (Lipinski definition) is 3. The van der Waals surface area contributed by atoms with Crippen LogP contribution < -0.4 is 0 Å². The Balaban J connectivity index is 1.94. The Morgan fingerprint density at radius 3 is 2.72 bits per heavy atom. The second kappa shape index (κ2) is 6.53. The summed E-state index contributed by atoms with van der Waals surface area (Å²) in [5, 5.41) is 8.64. The lowest BCUT2D eigenvalue weighted by Crippen LogP contribution is -2.32. The summed E-state index contributed by atoms with van der Waals surface area (Å²) in [6.45, 7) is 2.97. The van der Waals surface area contributed by atoms with Gasteiger partial charge in [-0.3, -0.25) is 4.90 Å². The van der Waals surface area contributed by atoms with Gasteiger partial charge in [-0.2, -0.15) is 5.26 Å². The molecule has 0 aliphatic carbocycles. The van der Waals surface area contributed by atoms with Gasteiger partial charge in [0.2, 0.25) is 0 Å². The van der Waals surface area contributed by atoms with E-state index in [4.69, 9.17) is 10.00 Å². The molecule has 1 aromatic rings. The Bertz CT molecular complexity index is 407. The van der Waals surface area contributed by atoms with E-state index in [9.17, 15) is 0 Å². The predicted octanol–water partition coefficient (Wildman–Crippen LogP) is 2.36. The van der Waals surface area contributed by atoms with Crippen LogP contribution in [0.4, 0.5) is 0 Å². The van der Waals surface area contributed by atoms with Crippen molar-refractivity contribution in [3.63, 3.8) is 0 Å². The molecule has 1 aromatic carbocycles. The molecule has 3 nitrogen and oxygen atoms in total. The Labute approximate surface area is 109 Å². The standard InChI is InChI=1S/C15H20N2O/c1-18-12-15-3-2-10-17(15)11-14-6-4-13(5-7-14)8-9-16/h4-7,15H,2-3,8,10-12H2,1H3. The van der Waals surface area contributed by atoms with Crippen LogP contribution in [0.15, 0.2) is 24.3 Å². The molecule has 1 atom stereocenters. The second-order valence-electron chi connectivity index (χ2n) is 4.87. The minimum absolute atomic E-state index is 0.496. The second-order valence-corrected chi connectivity index (χ2v) is 4.87. The Kier molecular flexibility index (Phi) is 4.74. The first-order chi connectivity index (χ1) is 8.83. The third kappa shape index (κ3) is 3.32. The minimum Gasteiger partial charge on any atom is -0.383 e. The molecule has 1 aliphatic rings. The van der Waals surface area contributed by atoms with Gasteiger partial charge in [-0.1, -0.05) is 24.3 Å². The van der Waals surface area contributed by atoms with Gasteiger partial charge in [-0.05, 0) is 30.5 Å². The van der Waals surface area contributed by atoms with Gasteiger partial charge in [0, 0.05) is 19.7 Å². The van der Waals surface area contributed by atoms with Crippen LogP contribution in [0.5, 0.6) is 0 Å². The summed E-state index contributed by atoms with van der Waals surface area (Å²) in [6.07, 6.45) is 3.00. The zero-order valence-corrected chi connectivity index (χ0v) is 10.9. The van der Waals surface area contributed by atoms with Crippen LogP contribution in [0.3, 0.4) is 0 Å². The zero-order valence-electron chi connectivity index (χ0n) is 10.9. The van der Waals surface area contributed by atoms with E-state index < -0.39 is 0 Å². The molecule has 1 heterocycles. The van der Waals surface area contributed by atoms with Crippen LogP contribution in [0.1, 0.15) is 24.0 Å². The van der Waals surface area contributed by atoms with Crippen molar-refractivity contribution in [2.75, 3.05) is 20.3 Å². The average Bonchev–Trinajstić information content (AvgIpc) is 2.80. The number of rotatable bonds is 5. The summed E-state index contributed by atoms with van der Waals surface area (Å²) in [5.41, 5.74) is 2.41. The fourth-order valence-electron chi connectivity index (χ4n) is 2.57. The number of nitrogens with zero attached hydrogens (tertiary/aromatic N) is 2. The molecule has 1 saturated heterocycles. The monoisotopic (exact) mass is 244 g/mol. The topological polar surface area (TPSA) is 36.3 Å². The maximum atomic E-state index is 8.64. The van der Waals surface area contributed by atoms with E-state index in [0.29, 0.717) is 12.5 Å². The van der Waals surface area contributed by atoms with Gasteiger partial charge < -0.3 is 4.74 Å². The van der Waals surface area contributed by atoms with Crippen LogP contribution in [0.2, 0.25) is 0 Å². The maximum Gasteiger partial charge on any atom is 0.0669 e. The molecule has 1 fully saturated rings. The summed E-state index contributed by atoms with van der Waals surface area (Å²) in [5.74, 6) is 0. The molecule has 2 rings (SSSR count). The van der Waals surface area contributed by atoms with Gasteiger partial charge in [0.05, 0.1) is 19.1 Å². The van der Waals surface area contributed by atoms with E-state index in [1.165, 1.54) is 18.4 Å². The van der Waals surface area contributed by atoms with Crippen LogP contribution in [-0.4, -0.2) is 31.2 Å². The van der Waals surface area contributed by atoms with Crippen molar-refractivity contribution in [2.24, 2.45) is 0 Å². The first kappa shape index (κ1) is 13.1. The van der Waals surface area contributed by atoms with E-state index in [2.05, 4.69) is 35.2 Å². The molecule has 0 saturated carbocycles. The normalized spacial score (nSPS) is 19.9. The van der Waals surface area contributed by atoms with Crippen molar-refractivity contribution in [2.45, 2.75) is 31.8 Å². The highest BCUT2D eigenvalue weighted by molar-refractivity contribution is 5.24. The highest BCUT2D eigenvalue weighted by atomic mass is 16.5. The molecule has 0 aromatic heterocycles. The van der Waals surface area contributed by atoms with Gasteiger partial charge >= 0.3 is 0 Å². The molecule has 3 heteroatoms. The van der Waals surface area contributed by atoms with Gasteiger partial charge in [-0.25, -0.2) is 0 Å². The maximum absolute atomic E-state index is 8.64. The summed E-state index contributed by atoms with van der Waals surface area (Å²) >= 11 is 0. The molecular formula is C15H20N2O. The molecule has 1 unspecified atom stereocenters. The Morgan fingerprint density at radius 1 is 1.33 bits per heavy atom. The van der Waals surface area contributed by atoms with Crippen molar-refractivity contribution >= 4 is 0 Å². The third-order valence-corrected chi connectivity index (χ3v) is 3.55. The van der Waals surface area contributed by atoms with E-state index >= 15 is 0 Å². The summed E-state index contributed by atoms with van der Waals surface area (Å²) in [7, 11) is 1.77. The molecule has 0 bridgehead atoms. The number of benzene rings is 1. The molecule has 1 aliphatic heterocycles. The molecular weight excluding hydrogens is 224 g/mol. The first-order valence-electron chi connectivity index (χ1n) is 6.51.